The Morgan fingerprint density at radius 2 is 0.704 bits per heavy atom. The van der Waals surface area contributed by atoms with Gasteiger partial charge in [-0.15, -0.1) is 0 Å². The molecule has 1 saturated carbocycles. The molecular formula is C79H129B5N20O31. The first-order valence-electron chi connectivity index (χ1n) is 44.7. The van der Waals surface area contributed by atoms with Gasteiger partial charge in [-0.2, -0.15) is 0 Å². The molecule has 12 rings (SSSR count). The van der Waals surface area contributed by atoms with E-state index < -0.39 is 183 Å². The minimum atomic E-state index is -1.60. The summed E-state index contributed by atoms with van der Waals surface area (Å²) in [5.74, 6) is -8.46. The maximum atomic E-state index is 12.2. The Morgan fingerprint density at radius 3 is 0.963 bits per heavy atom. The molecular weight excluding hydrogens is 1780 g/mol. The predicted molar refractivity (Wildman–Crippen MR) is 506 cm³/mol. The van der Waals surface area contributed by atoms with E-state index in [0.29, 0.717) is 97.1 Å². The maximum Gasteiger partial charge on any atom is 0.451 e. The zero-order valence-corrected chi connectivity index (χ0v) is 76.1. The second kappa shape index (κ2) is 45.2. The number of nitrogens with two attached hydrogens (primary N) is 10. The summed E-state index contributed by atoms with van der Waals surface area (Å²) in [6.45, 7) is 7.80. The van der Waals surface area contributed by atoms with E-state index in [1.165, 1.54) is 9.80 Å². The molecule has 38 N–H and O–H groups in total. The summed E-state index contributed by atoms with van der Waals surface area (Å²) in [6.07, 6.45) is 5.85. The van der Waals surface area contributed by atoms with E-state index in [2.05, 4.69) is 16.0 Å². The van der Waals surface area contributed by atoms with Crippen LogP contribution in [0.3, 0.4) is 0 Å². The van der Waals surface area contributed by atoms with Gasteiger partial charge >= 0.3 is 65.4 Å². The highest BCUT2D eigenvalue weighted by Gasteiger charge is 2.57. The van der Waals surface area contributed by atoms with Crippen molar-refractivity contribution in [3.05, 3.63) is 102 Å². The minimum absolute atomic E-state index is 0.0707. The fraction of sp³-hybridized carbons (Fsp3) is 0.684. The molecule has 15 atom stereocenters. The third kappa shape index (κ3) is 24.5. The highest BCUT2D eigenvalue weighted by atomic mass is 16.5. The Labute approximate surface area is 774 Å². The zero-order chi connectivity index (χ0) is 101. The molecule has 7 fully saturated rings. The van der Waals surface area contributed by atoms with Crippen molar-refractivity contribution in [2.45, 2.75) is 193 Å². The number of hydrogen-bond acceptors (Lipinski definition) is 46. The van der Waals surface area contributed by atoms with Crippen LogP contribution in [0.25, 0.3) is 0 Å². The first-order valence-corrected chi connectivity index (χ1v) is 44.7. The largest absolute Gasteiger partial charge is 0.480 e. The zero-order valence-electron chi connectivity index (χ0n) is 76.1. The van der Waals surface area contributed by atoms with Gasteiger partial charge in [-0.25, -0.2) is 0 Å². The molecule has 6 saturated heterocycles. The van der Waals surface area contributed by atoms with Crippen molar-refractivity contribution < 1.29 is 104 Å². The molecule has 0 radical (unpaired) electrons. The summed E-state index contributed by atoms with van der Waals surface area (Å²) in [5.41, 5.74) is 46.3. The number of ether oxygens (including phenoxy) is 1. The molecule has 1 aliphatic carbocycles. The fourth-order valence-corrected chi connectivity index (χ4v) is 18.5. The smallest absolute Gasteiger partial charge is 0.451 e. The molecule has 5 unspecified atom stereocenters. The van der Waals surface area contributed by atoms with Crippen molar-refractivity contribution in [2.75, 3.05) is 169 Å². The molecule has 7 aliphatic rings. The van der Waals surface area contributed by atoms with E-state index in [0.717, 1.165) is 12.8 Å². The van der Waals surface area contributed by atoms with Gasteiger partial charge in [0.05, 0.1) is 18.8 Å². The van der Waals surface area contributed by atoms with E-state index in [9.17, 15) is 97.5 Å². The first kappa shape index (κ1) is 111. The summed E-state index contributed by atoms with van der Waals surface area (Å²) in [6, 6.07) is -0.870. The summed E-state index contributed by atoms with van der Waals surface area (Å²) in [7, 11) is -4.03. The molecule has 5 aromatic carbocycles. The average Bonchev–Trinajstić information content (AvgIpc) is 1.67. The molecule has 51 nitrogen and oxygen atoms in total. The lowest BCUT2D eigenvalue weighted by molar-refractivity contribution is -0.145. The van der Waals surface area contributed by atoms with Gasteiger partial charge in [-0.3, -0.25) is 71.9 Å². The van der Waals surface area contributed by atoms with E-state index >= 15 is 0 Å². The van der Waals surface area contributed by atoms with Crippen molar-refractivity contribution in [1.82, 2.24) is 0 Å². The van der Waals surface area contributed by atoms with Crippen LogP contribution in [0.15, 0.2) is 47.9 Å². The monoisotopic (exact) mass is 1910 g/mol. The van der Waals surface area contributed by atoms with Crippen molar-refractivity contribution in [3.8, 4) is 0 Å². The molecule has 0 spiro atoms. The lowest BCUT2D eigenvalue weighted by Gasteiger charge is -2.38. The van der Waals surface area contributed by atoms with Crippen molar-refractivity contribution >= 4 is 122 Å². The Bertz CT molecular complexity index is 5250. The fourth-order valence-electron chi connectivity index (χ4n) is 18.5. The topological polar surface area (TPSA) is 888 Å². The molecule has 746 valence electrons. The van der Waals surface area contributed by atoms with Crippen LogP contribution in [0.5, 0.6) is 0 Å². The summed E-state index contributed by atoms with van der Waals surface area (Å²) >= 11 is 0. The molecule has 56 heteroatoms. The Kier molecular flexibility index (Phi) is 37.0. The number of carboxylic acid groups (broad SMARTS) is 5. The summed E-state index contributed by atoms with van der Waals surface area (Å²) in [4.78, 5) is 190. The number of anilines is 10. The van der Waals surface area contributed by atoms with Gasteiger partial charge in [0.15, 0.2) is 0 Å². The summed E-state index contributed by atoms with van der Waals surface area (Å²) in [5, 5.41) is 147. The van der Waals surface area contributed by atoms with Crippen LogP contribution in [0.2, 0.25) is 31.6 Å². The van der Waals surface area contributed by atoms with Crippen molar-refractivity contribution in [3.63, 3.8) is 0 Å². The van der Waals surface area contributed by atoms with Gasteiger partial charge in [-0.1, -0.05) is 32.1 Å². The van der Waals surface area contributed by atoms with Crippen molar-refractivity contribution in [1.29, 1.82) is 0 Å². The number of carbonyl (C=O) groups is 5. The molecule has 0 aromatic heterocycles. The van der Waals surface area contributed by atoms with Crippen molar-refractivity contribution in [2.24, 2.45) is 86.9 Å². The lowest BCUT2D eigenvalue weighted by atomic mass is 9.78. The highest BCUT2D eigenvalue weighted by molar-refractivity contribution is 6.42. The number of hydrogen-bond donors (Lipinski definition) is 28. The van der Waals surface area contributed by atoms with Crippen LogP contribution in [0, 0.1) is 29.6 Å². The lowest BCUT2D eigenvalue weighted by Crippen LogP contribution is -2.62. The van der Waals surface area contributed by atoms with Gasteiger partial charge in [0, 0.05) is 166 Å². The SMILES string of the molecule is CC(N)C(C)Nc1c(N2C[C@H](CCCB(O)O)[C@](N)(C(=O)O)C2)c(=O)c1=O.CC(N)CN(C)c1c(N2C[C@H](CCCB(O)O)[C@](N)(C(=O)O)C2)c(=O)c1=O.CN(CCN)c1c(N2C[C@H](CCCB(O)O)[C@](N)(C(=O)O)C2)c(=O)c1=O.NC1(CNc2c(N3C[C@H](CCCB(O)O)[C@](N)(C(=O)O)C3)c(=O)c2=O)COC1.NC1CCC1Nc1c(N2C[C@H](CCCB(O)O)[C@](N)(C(=O)O)C2)c(=O)c1=O. The van der Waals surface area contributed by atoms with Gasteiger partial charge < -0.3 is 188 Å². The maximum absolute atomic E-state index is 12.2. The number of carboxylic acids is 5. The molecule has 135 heavy (non-hydrogen) atoms. The normalized spacial score (nSPS) is 25.6. The Hall–Kier alpha value is -9.77. The van der Waals surface area contributed by atoms with Gasteiger partial charge in [-0.05, 0) is 97.3 Å². The van der Waals surface area contributed by atoms with E-state index in [4.69, 9.17) is 112 Å². The quantitative estimate of drug-likeness (QED) is 0.0127. The number of aliphatic carboxylic acids is 5. The Morgan fingerprint density at radius 1 is 0.422 bits per heavy atom. The van der Waals surface area contributed by atoms with Gasteiger partial charge in [0.1, 0.15) is 84.6 Å². The second-order valence-electron chi connectivity index (χ2n) is 37.6. The standard InChI is InChI=1S/C16H25BN4O7.C16H25BN4O6.2C16H27BN4O6.C15H25BN4O6/c18-15(7-28-8-15)5-20-10-11(13(23)12(10)22)21-4-9(2-1-3-17(26)27)16(19,6-21)14(24)25;18-9-3-4-10(9)20-11-12(14(23)13(11)22)21-6-8(2-1-5-17(26)27)16(19,7-21)15(24)25;1-9(18)6-20(2)11-12(14(23)13(11)22)21-7-10(4-3-5-17(26)27)16(19,8-21)15(24)25;1-8(18)9(2)20-11-12(14(23)13(11)22)21-6-10(4-3-5-17(26)27)16(19,7-21)15(24)25;1-19(6-5-17)10-11(13(22)12(10)21)20-7-9(3-2-4-16(25)26)15(18,8-20)14(23)24/h9,20,26-27H,1-8,18-19H2,(H,24,25);8-10,20,26-27H,1-7,18-19H2,(H,24,25);9-10,26-27H,3-8,18-19H2,1-2H3,(H,24,25);8-10,20,26-27H,3-7,18-19H2,1-2H3,(H,24,25);9,25-26H,2-8,17-18H2,1H3,(H,23,24)/t9-,16-;8-,9?,10?,16-;9?,10-,16-;8?,9?,10-,16-;9-,15-/m00000/s1. The average molecular weight is 1910 g/mol. The molecule has 5 aromatic rings. The predicted octanol–water partition coefficient (Wildman–Crippen LogP) is -12.9. The molecule has 0 amide bonds. The summed E-state index contributed by atoms with van der Waals surface area (Å²) < 4.78 is 5.06. The first-order chi connectivity index (χ1) is 62.8. The third-order valence-electron chi connectivity index (χ3n) is 27.1. The number of likely N-dealkylation sites (N-methyl/N-ethyl adjacent to an activating group) is 2. The second-order valence-corrected chi connectivity index (χ2v) is 37.6. The van der Waals surface area contributed by atoms with Gasteiger partial charge in [0.2, 0.25) is 0 Å². The number of rotatable bonds is 44. The van der Waals surface area contributed by atoms with E-state index in [1.54, 1.807) is 59.4 Å². The van der Waals surface area contributed by atoms with Crippen LogP contribution in [0.1, 0.15) is 97.8 Å². The number of nitrogens with zero attached hydrogens (tertiary/aromatic N) is 7. The van der Waals surface area contributed by atoms with Crippen LogP contribution in [0.4, 0.5) is 56.9 Å². The number of nitrogens with one attached hydrogen (secondary N) is 3. The highest BCUT2D eigenvalue weighted by Crippen LogP contribution is 2.42. The van der Waals surface area contributed by atoms with Crippen LogP contribution < -0.4 is 162 Å². The minimum Gasteiger partial charge on any atom is -0.480 e. The molecule has 6 heterocycles. The molecule has 6 aliphatic heterocycles. The van der Waals surface area contributed by atoms with E-state index in [-0.39, 0.29) is 191 Å². The Balaban J connectivity index is 0.000000207. The third-order valence-corrected chi connectivity index (χ3v) is 27.1. The van der Waals surface area contributed by atoms with Crippen LogP contribution >= 0.6 is 0 Å². The molecule has 0 bridgehead atoms. The van der Waals surface area contributed by atoms with Crippen LogP contribution in [-0.4, -0.2) is 324 Å². The van der Waals surface area contributed by atoms with E-state index in [1.807, 2.05) is 0 Å². The van der Waals surface area contributed by atoms with Crippen LogP contribution in [-0.2, 0) is 28.7 Å². The van der Waals surface area contributed by atoms with Gasteiger partial charge in [0.25, 0.3) is 54.3 Å².